The van der Waals surface area contributed by atoms with Crippen molar-refractivity contribution >= 4 is 11.8 Å². The molecule has 0 bridgehead atoms. The van der Waals surface area contributed by atoms with Crippen LogP contribution in [0, 0.1) is 0 Å². The number of carbonyl (C=O) groups excluding carboxylic acids is 2. The highest BCUT2D eigenvalue weighted by Crippen LogP contribution is 2.00. The molecule has 0 unspecified atom stereocenters. The SMILES string of the molecule is O=C1CN(CC(=O)N2CCOCC2)CCN1. The van der Waals surface area contributed by atoms with Gasteiger partial charge in [0.25, 0.3) is 0 Å². The molecule has 2 rings (SSSR count). The van der Waals surface area contributed by atoms with E-state index in [0.29, 0.717) is 45.9 Å². The van der Waals surface area contributed by atoms with Gasteiger partial charge in [-0.1, -0.05) is 0 Å². The lowest BCUT2D eigenvalue weighted by Crippen LogP contribution is -2.52. The highest BCUT2D eigenvalue weighted by atomic mass is 16.5. The molecule has 0 spiro atoms. The summed E-state index contributed by atoms with van der Waals surface area (Å²) in [7, 11) is 0. The molecule has 16 heavy (non-hydrogen) atoms. The van der Waals surface area contributed by atoms with Crippen LogP contribution in [0.2, 0.25) is 0 Å². The maximum Gasteiger partial charge on any atom is 0.236 e. The monoisotopic (exact) mass is 227 g/mol. The first kappa shape index (κ1) is 11.3. The molecule has 1 N–H and O–H groups in total. The zero-order chi connectivity index (χ0) is 11.4. The van der Waals surface area contributed by atoms with Gasteiger partial charge in [0.05, 0.1) is 26.3 Å². The summed E-state index contributed by atoms with van der Waals surface area (Å²) in [5, 5.41) is 2.74. The van der Waals surface area contributed by atoms with Crippen LogP contribution in [0.25, 0.3) is 0 Å². The van der Waals surface area contributed by atoms with Crippen molar-refractivity contribution in [3.05, 3.63) is 0 Å². The Bertz CT molecular complexity index is 276. The fourth-order valence-electron chi connectivity index (χ4n) is 1.93. The van der Waals surface area contributed by atoms with E-state index in [1.165, 1.54) is 0 Å². The number of carbonyl (C=O) groups is 2. The van der Waals surface area contributed by atoms with Crippen molar-refractivity contribution in [2.75, 3.05) is 52.5 Å². The normalized spacial score (nSPS) is 23.0. The number of nitrogens with zero attached hydrogens (tertiary/aromatic N) is 2. The number of piperazine rings is 1. The van der Waals surface area contributed by atoms with Gasteiger partial charge in [0.15, 0.2) is 0 Å². The molecule has 6 heteroatoms. The van der Waals surface area contributed by atoms with E-state index in [4.69, 9.17) is 4.74 Å². The Hall–Kier alpha value is -1.14. The van der Waals surface area contributed by atoms with E-state index >= 15 is 0 Å². The van der Waals surface area contributed by atoms with Gasteiger partial charge in [0.2, 0.25) is 11.8 Å². The molecule has 0 aromatic rings. The number of hydrogen-bond donors (Lipinski definition) is 1. The van der Waals surface area contributed by atoms with E-state index in [9.17, 15) is 9.59 Å². The molecule has 2 aliphatic rings. The Morgan fingerprint density at radius 2 is 2.06 bits per heavy atom. The predicted octanol–water partition coefficient (Wildman–Crippen LogP) is -1.72. The Labute approximate surface area is 94.5 Å². The first-order valence-corrected chi connectivity index (χ1v) is 5.60. The molecular weight excluding hydrogens is 210 g/mol. The number of morpholine rings is 1. The third-order valence-electron chi connectivity index (χ3n) is 2.84. The first-order chi connectivity index (χ1) is 7.75. The zero-order valence-corrected chi connectivity index (χ0v) is 9.28. The van der Waals surface area contributed by atoms with Gasteiger partial charge in [-0.3, -0.25) is 14.5 Å². The van der Waals surface area contributed by atoms with Gasteiger partial charge in [-0.15, -0.1) is 0 Å². The van der Waals surface area contributed by atoms with E-state index in [2.05, 4.69) is 5.32 Å². The molecule has 2 heterocycles. The molecule has 0 radical (unpaired) electrons. The van der Waals surface area contributed by atoms with Crippen LogP contribution in [0.3, 0.4) is 0 Å². The number of ether oxygens (including phenoxy) is 1. The summed E-state index contributed by atoms with van der Waals surface area (Å²) in [5.41, 5.74) is 0. The second-order valence-electron chi connectivity index (χ2n) is 4.05. The van der Waals surface area contributed by atoms with Crippen molar-refractivity contribution in [1.29, 1.82) is 0 Å². The Morgan fingerprint density at radius 1 is 1.31 bits per heavy atom. The largest absolute Gasteiger partial charge is 0.378 e. The third kappa shape index (κ3) is 2.93. The third-order valence-corrected chi connectivity index (χ3v) is 2.84. The van der Waals surface area contributed by atoms with E-state index in [-0.39, 0.29) is 11.8 Å². The molecule has 0 saturated carbocycles. The summed E-state index contributed by atoms with van der Waals surface area (Å²) in [6.07, 6.45) is 0. The zero-order valence-electron chi connectivity index (χ0n) is 9.28. The Kier molecular flexibility index (Phi) is 3.74. The molecule has 0 aromatic carbocycles. The highest BCUT2D eigenvalue weighted by Gasteiger charge is 2.22. The van der Waals surface area contributed by atoms with Crippen LogP contribution in [0.15, 0.2) is 0 Å². The average Bonchev–Trinajstić information content (AvgIpc) is 2.30. The van der Waals surface area contributed by atoms with Crippen molar-refractivity contribution in [2.24, 2.45) is 0 Å². The second-order valence-corrected chi connectivity index (χ2v) is 4.05. The summed E-state index contributed by atoms with van der Waals surface area (Å²) in [4.78, 5) is 26.7. The fraction of sp³-hybridized carbons (Fsp3) is 0.800. The van der Waals surface area contributed by atoms with Crippen LogP contribution in [0.1, 0.15) is 0 Å². The highest BCUT2D eigenvalue weighted by molar-refractivity contribution is 5.81. The topological polar surface area (TPSA) is 61.9 Å². The lowest BCUT2D eigenvalue weighted by molar-refractivity contribution is -0.137. The van der Waals surface area contributed by atoms with E-state index in [0.717, 1.165) is 6.54 Å². The minimum atomic E-state index is 0.000951. The maximum absolute atomic E-state index is 11.9. The number of amides is 2. The van der Waals surface area contributed by atoms with Crippen LogP contribution in [-0.2, 0) is 14.3 Å². The number of nitrogens with one attached hydrogen (secondary N) is 1. The van der Waals surface area contributed by atoms with Gasteiger partial charge < -0.3 is 15.0 Å². The minimum absolute atomic E-state index is 0.000951. The quantitative estimate of drug-likeness (QED) is 0.609. The van der Waals surface area contributed by atoms with E-state index in [1.54, 1.807) is 4.90 Å². The molecule has 0 atom stereocenters. The molecule has 2 amide bonds. The van der Waals surface area contributed by atoms with Gasteiger partial charge in [0, 0.05) is 26.2 Å². The Balaban J connectivity index is 1.79. The molecule has 0 aromatic heterocycles. The molecule has 90 valence electrons. The van der Waals surface area contributed by atoms with Crippen LogP contribution in [0.4, 0.5) is 0 Å². The maximum atomic E-state index is 11.9. The number of rotatable bonds is 2. The summed E-state index contributed by atoms with van der Waals surface area (Å²) >= 11 is 0. The van der Waals surface area contributed by atoms with Crippen molar-refractivity contribution in [3.63, 3.8) is 0 Å². The van der Waals surface area contributed by atoms with Gasteiger partial charge in [0.1, 0.15) is 0 Å². The standard InChI is InChI=1S/C10H17N3O3/c14-9-7-12(2-1-11-9)8-10(15)13-3-5-16-6-4-13/h1-8H2,(H,11,14). The molecule has 2 fully saturated rings. The van der Waals surface area contributed by atoms with Crippen LogP contribution in [-0.4, -0.2) is 74.1 Å². The van der Waals surface area contributed by atoms with Crippen LogP contribution in [0.5, 0.6) is 0 Å². The molecule has 0 aliphatic carbocycles. The lowest BCUT2D eigenvalue weighted by Gasteiger charge is -2.31. The second kappa shape index (κ2) is 5.27. The summed E-state index contributed by atoms with van der Waals surface area (Å²) in [5.74, 6) is 0.0963. The molecular formula is C10H17N3O3. The average molecular weight is 227 g/mol. The van der Waals surface area contributed by atoms with Gasteiger partial charge in [-0.2, -0.15) is 0 Å². The summed E-state index contributed by atoms with van der Waals surface area (Å²) in [6.45, 7) is 4.62. The smallest absolute Gasteiger partial charge is 0.236 e. The van der Waals surface area contributed by atoms with Gasteiger partial charge in [-0.05, 0) is 0 Å². The van der Waals surface area contributed by atoms with Crippen molar-refractivity contribution < 1.29 is 14.3 Å². The van der Waals surface area contributed by atoms with Crippen molar-refractivity contribution in [3.8, 4) is 0 Å². The van der Waals surface area contributed by atoms with E-state index in [1.807, 2.05) is 4.90 Å². The predicted molar refractivity (Wildman–Crippen MR) is 56.8 cm³/mol. The van der Waals surface area contributed by atoms with Crippen molar-refractivity contribution in [2.45, 2.75) is 0 Å². The van der Waals surface area contributed by atoms with E-state index < -0.39 is 0 Å². The molecule has 2 aliphatic heterocycles. The minimum Gasteiger partial charge on any atom is -0.378 e. The summed E-state index contributed by atoms with van der Waals surface area (Å²) in [6, 6.07) is 0. The lowest BCUT2D eigenvalue weighted by atomic mass is 10.3. The van der Waals surface area contributed by atoms with Gasteiger partial charge >= 0.3 is 0 Å². The number of hydrogen-bond acceptors (Lipinski definition) is 4. The van der Waals surface area contributed by atoms with Crippen LogP contribution >= 0.6 is 0 Å². The molecule has 2 saturated heterocycles. The first-order valence-electron chi connectivity index (χ1n) is 5.60. The Morgan fingerprint density at radius 3 is 2.75 bits per heavy atom. The fourth-order valence-corrected chi connectivity index (χ4v) is 1.93. The van der Waals surface area contributed by atoms with Gasteiger partial charge in [-0.25, -0.2) is 0 Å². The van der Waals surface area contributed by atoms with Crippen molar-refractivity contribution in [1.82, 2.24) is 15.1 Å². The van der Waals surface area contributed by atoms with Crippen LogP contribution < -0.4 is 5.32 Å². The molecule has 6 nitrogen and oxygen atoms in total. The summed E-state index contributed by atoms with van der Waals surface area (Å²) < 4.78 is 5.19.